The highest BCUT2D eigenvalue weighted by Crippen LogP contribution is 2.45. The third kappa shape index (κ3) is 3.63. The maximum Gasteiger partial charge on any atom is 0.270 e. The Bertz CT molecular complexity index is 1160. The van der Waals surface area contributed by atoms with Crippen LogP contribution in [0.4, 0.5) is 5.69 Å². The molecule has 2 aliphatic carbocycles. The first-order valence-electron chi connectivity index (χ1n) is 10.3. The van der Waals surface area contributed by atoms with E-state index in [4.69, 9.17) is 22.3 Å². The molecule has 0 spiro atoms. The summed E-state index contributed by atoms with van der Waals surface area (Å²) in [6.07, 6.45) is 4.46. The molecule has 2 heterocycles. The number of aryl methyl sites for hydroxylation is 2. The SMILES string of the molecule is Cc1ccccc1NC(=S)NNC(=O)c1cc(C2CC2)nc2c1c(C1CC1)nn2C. The molecule has 30 heavy (non-hydrogen) atoms. The summed E-state index contributed by atoms with van der Waals surface area (Å²) in [5, 5.41) is 9.00. The second-order valence-corrected chi connectivity index (χ2v) is 8.61. The van der Waals surface area contributed by atoms with Crippen molar-refractivity contribution in [3.63, 3.8) is 0 Å². The maximum absolute atomic E-state index is 13.2. The fourth-order valence-corrected chi connectivity index (χ4v) is 3.92. The zero-order chi connectivity index (χ0) is 20.8. The van der Waals surface area contributed by atoms with Crippen LogP contribution in [0.2, 0.25) is 0 Å². The number of thiocarbonyl (C=S) groups is 1. The van der Waals surface area contributed by atoms with Gasteiger partial charge in [0.25, 0.3) is 5.91 Å². The Morgan fingerprint density at radius 2 is 1.87 bits per heavy atom. The van der Waals surface area contributed by atoms with Crippen molar-refractivity contribution in [1.82, 2.24) is 25.6 Å². The van der Waals surface area contributed by atoms with E-state index in [2.05, 4.69) is 16.2 Å². The van der Waals surface area contributed by atoms with Crippen LogP contribution >= 0.6 is 12.2 Å². The molecule has 0 aliphatic heterocycles. The predicted octanol–water partition coefficient (Wildman–Crippen LogP) is 3.66. The number of carbonyl (C=O) groups excluding carboxylic acids is 1. The van der Waals surface area contributed by atoms with Gasteiger partial charge in [0.2, 0.25) is 0 Å². The van der Waals surface area contributed by atoms with Gasteiger partial charge in [-0.1, -0.05) is 18.2 Å². The van der Waals surface area contributed by atoms with Gasteiger partial charge < -0.3 is 5.32 Å². The summed E-state index contributed by atoms with van der Waals surface area (Å²) >= 11 is 5.35. The van der Waals surface area contributed by atoms with E-state index >= 15 is 0 Å². The van der Waals surface area contributed by atoms with Gasteiger partial charge in [-0.2, -0.15) is 5.10 Å². The second kappa shape index (κ2) is 7.36. The lowest BCUT2D eigenvalue weighted by molar-refractivity contribution is 0.0945. The molecule has 0 radical (unpaired) electrons. The van der Waals surface area contributed by atoms with Crippen molar-refractivity contribution >= 4 is 40.0 Å². The molecular formula is C22H24N6OS. The largest absolute Gasteiger partial charge is 0.331 e. The van der Waals surface area contributed by atoms with Gasteiger partial charge in [0.15, 0.2) is 10.8 Å². The number of benzene rings is 1. The number of amides is 1. The van der Waals surface area contributed by atoms with E-state index in [9.17, 15) is 4.79 Å². The minimum absolute atomic E-state index is 0.229. The predicted molar refractivity (Wildman–Crippen MR) is 120 cm³/mol. The Labute approximate surface area is 180 Å². The molecule has 8 heteroatoms. The van der Waals surface area contributed by atoms with Gasteiger partial charge in [-0.3, -0.25) is 20.3 Å². The number of hydrogen-bond acceptors (Lipinski definition) is 4. The molecule has 7 nitrogen and oxygen atoms in total. The molecule has 1 amide bonds. The minimum atomic E-state index is -0.229. The Morgan fingerprint density at radius 3 is 2.57 bits per heavy atom. The zero-order valence-corrected chi connectivity index (χ0v) is 17.8. The fraction of sp³-hybridized carbons (Fsp3) is 0.364. The van der Waals surface area contributed by atoms with E-state index in [-0.39, 0.29) is 5.91 Å². The lowest BCUT2D eigenvalue weighted by atomic mass is 10.1. The molecule has 0 bridgehead atoms. The number of para-hydroxylation sites is 1. The van der Waals surface area contributed by atoms with Gasteiger partial charge in [-0.05, 0) is 62.5 Å². The van der Waals surface area contributed by atoms with E-state index in [1.54, 1.807) is 0 Å². The molecule has 0 saturated heterocycles. The van der Waals surface area contributed by atoms with Crippen molar-refractivity contribution in [3.05, 3.63) is 52.8 Å². The average molecular weight is 421 g/mol. The van der Waals surface area contributed by atoms with Crippen LogP contribution in [-0.2, 0) is 7.05 Å². The molecule has 0 unspecified atom stereocenters. The minimum Gasteiger partial charge on any atom is -0.331 e. The Kier molecular flexibility index (Phi) is 4.66. The molecule has 3 aromatic rings. The molecule has 5 rings (SSSR count). The maximum atomic E-state index is 13.2. The molecule has 2 saturated carbocycles. The summed E-state index contributed by atoms with van der Waals surface area (Å²) < 4.78 is 1.81. The molecular weight excluding hydrogens is 396 g/mol. The molecule has 2 aromatic heterocycles. The van der Waals surface area contributed by atoms with E-state index < -0.39 is 0 Å². The first-order chi connectivity index (χ1) is 14.5. The Hall–Kier alpha value is -3.00. The number of anilines is 1. The van der Waals surface area contributed by atoms with Crippen LogP contribution < -0.4 is 16.2 Å². The van der Waals surface area contributed by atoms with Crippen molar-refractivity contribution in [3.8, 4) is 0 Å². The van der Waals surface area contributed by atoms with Gasteiger partial charge in [-0.15, -0.1) is 0 Å². The summed E-state index contributed by atoms with van der Waals surface area (Å²) in [5.41, 5.74) is 10.9. The van der Waals surface area contributed by atoms with E-state index in [0.717, 1.165) is 59.4 Å². The molecule has 1 aromatic carbocycles. The topological polar surface area (TPSA) is 83.9 Å². The summed E-state index contributed by atoms with van der Waals surface area (Å²) in [7, 11) is 1.90. The van der Waals surface area contributed by atoms with E-state index in [0.29, 0.717) is 22.5 Å². The highest BCUT2D eigenvalue weighted by molar-refractivity contribution is 7.80. The van der Waals surface area contributed by atoms with Crippen molar-refractivity contribution in [2.45, 2.75) is 44.4 Å². The number of hydrazine groups is 1. The summed E-state index contributed by atoms with van der Waals surface area (Å²) in [5.74, 6) is 0.635. The van der Waals surface area contributed by atoms with Crippen LogP contribution in [0, 0.1) is 6.92 Å². The first kappa shape index (κ1) is 19.0. The monoisotopic (exact) mass is 420 g/mol. The van der Waals surface area contributed by atoms with Crippen LogP contribution in [0.3, 0.4) is 0 Å². The van der Waals surface area contributed by atoms with Crippen LogP contribution in [0.1, 0.15) is 64.8 Å². The van der Waals surface area contributed by atoms with E-state index in [1.807, 2.05) is 49.0 Å². The fourth-order valence-electron chi connectivity index (χ4n) is 3.75. The molecule has 2 aliphatic rings. The van der Waals surface area contributed by atoms with Gasteiger partial charge in [-0.25, -0.2) is 4.98 Å². The second-order valence-electron chi connectivity index (χ2n) is 8.20. The molecule has 2 fully saturated rings. The third-order valence-corrected chi connectivity index (χ3v) is 5.93. The van der Waals surface area contributed by atoms with Gasteiger partial charge in [0.1, 0.15) is 0 Å². The molecule has 0 atom stereocenters. The van der Waals surface area contributed by atoms with Gasteiger partial charge in [0, 0.05) is 30.3 Å². The summed E-state index contributed by atoms with van der Waals surface area (Å²) in [6.45, 7) is 2.00. The average Bonchev–Trinajstić information content (AvgIpc) is 3.65. The van der Waals surface area contributed by atoms with Crippen molar-refractivity contribution in [1.29, 1.82) is 0 Å². The first-order valence-corrected chi connectivity index (χ1v) is 10.7. The van der Waals surface area contributed by atoms with Crippen LogP contribution in [-0.4, -0.2) is 25.8 Å². The van der Waals surface area contributed by atoms with Crippen LogP contribution in [0.5, 0.6) is 0 Å². The molecule has 3 N–H and O–H groups in total. The highest BCUT2D eigenvalue weighted by Gasteiger charge is 2.33. The van der Waals surface area contributed by atoms with Gasteiger partial charge >= 0.3 is 0 Å². The lowest BCUT2D eigenvalue weighted by Gasteiger charge is -2.14. The number of aromatic nitrogens is 3. The summed E-state index contributed by atoms with van der Waals surface area (Å²) in [4.78, 5) is 18.0. The standard InChI is InChI=1S/C22H24N6OS/c1-12-5-3-4-6-16(12)24-22(30)26-25-21(29)15-11-17(13-7-8-13)23-20-18(15)19(14-9-10-14)27-28(20)2/h3-6,11,13-14H,7-10H2,1-2H3,(H,25,29)(H2,24,26,30). The highest BCUT2D eigenvalue weighted by atomic mass is 32.1. The number of pyridine rings is 1. The normalized spacial score (nSPS) is 15.8. The van der Waals surface area contributed by atoms with Crippen molar-refractivity contribution in [2.24, 2.45) is 7.05 Å². The van der Waals surface area contributed by atoms with E-state index in [1.165, 1.54) is 0 Å². The number of nitrogens with one attached hydrogen (secondary N) is 3. The third-order valence-electron chi connectivity index (χ3n) is 5.73. The number of fused-ring (bicyclic) bond motifs is 1. The number of hydrogen-bond donors (Lipinski definition) is 3. The zero-order valence-electron chi connectivity index (χ0n) is 17.0. The number of nitrogens with zero attached hydrogens (tertiary/aromatic N) is 3. The Balaban J connectivity index is 1.40. The molecule has 154 valence electrons. The smallest absolute Gasteiger partial charge is 0.270 e. The summed E-state index contributed by atoms with van der Waals surface area (Å²) in [6, 6.07) is 9.78. The lowest BCUT2D eigenvalue weighted by Crippen LogP contribution is -2.44. The number of carbonyl (C=O) groups is 1. The van der Waals surface area contributed by atoms with Crippen molar-refractivity contribution in [2.75, 3.05) is 5.32 Å². The van der Waals surface area contributed by atoms with Crippen LogP contribution in [0.25, 0.3) is 11.0 Å². The Morgan fingerprint density at radius 1 is 1.13 bits per heavy atom. The van der Waals surface area contributed by atoms with Crippen molar-refractivity contribution < 1.29 is 4.79 Å². The number of rotatable bonds is 4. The van der Waals surface area contributed by atoms with Gasteiger partial charge in [0.05, 0.1) is 16.6 Å². The quantitative estimate of drug-likeness (QED) is 0.441. The van der Waals surface area contributed by atoms with Crippen LogP contribution in [0.15, 0.2) is 30.3 Å².